The Balaban J connectivity index is 1.87. The van der Waals surface area contributed by atoms with Gasteiger partial charge < -0.3 is 10.2 Å². The molecular formula is C16H23Cl2N3. The van der Waals surface area contributed by atoms with Crippen LogP contribution in [0.4, 0.5) is 11.6 Å². The smallest absolute Gasteiger partial charge is 0.150 e. The predicted molar refractivity (Wildman–Crippen MR) is 90.7 cm³/mol. The van der Waals surface area contributed by atoms with Gasteiger partial charge in [-0.1, -0.05) is 43.0 Å². The molecule has 1 saturated carbocycles. The fraction of sp³-hybridized carbons (Fsp3) is 0.688. The molecule has 116 valence electrons. The molecular weight excluding hydrogens is 305 g/mol. The van der Waals surface area contributed by atoms with Crippen molar-refractivity contribution >= 4 is 34.8 Å². The quantitative estimate of drug-likeness (QED) is 0.845. The van der Waals surface area contributed by atoms with E-state index < -0.39 is 0 Å². The van der Waals surface area contributed by atoms with Crippen molar-refractivity contribution in [2.24, 2.45) is 5.92 Å². The van der Waals surface area contributed by atoms with Crippen molar-refractivity contribution in [1.29, 1.82) is 0 Å². The van der Waals surface area contributed by atoms with Gasteiger partial charge in [0.2, 0.25) is 0 Å². The number of halogens is 2. The number of hydrogen-bond acceptors (Lipinski definition) is 3. The van der Waals surface area contributed by atoms with Gasteiger partial charge in [-0.25, -0.2) is 4.98 Å². The minimum absolute atomic E-state index is 0.608. The van der Waals surface area contributed by atoms with Gasteiger partial charge in [0.1, 0.15) is 11.6 Å². The molecule has 1 aromatic heterocycles. The molecule has 0 spiro atoms. The normalized spacial score (nSPS) is 25.0. The number of fused-ring (bicyclic) bond motifs is 1. The molecule has 3 rings (SSSR count). The Labute approximate surface area is 137 Å². The number of hydrogen-bond donors (Lipinski definition) is 1. The number of nitrogens with one attached hydrogen (secondary N) is 1. The van der Waals surface area contributed by atoms with Crippen molar-refractivity contribution in [3.8, 4) is 0 Å². The average molecular weight is 328 g/mol. The first-order valence-corrected chi connectivity index (χ1v) is 8.83. The van der Waals surface area contributed by atoms with E-state index in [1.165, 1.54) is 32.1 Å². The first-order chi connectivity index (χ1) is 10.2. The van der Waals surface area contributed by atoms with Crippen LogP contribution >= 0.6 is 23.2 Å². The fourth-order valence-corrected chi connectivity index (χ4v) is 4.23. The van der Waals surface area contributed by atoms with Crippen LogP contribution in [0.1, 0.15) is 45.4 Å². The Morgan fingerprint density at radius 2 is 2.05 bits per heavy atom. The number of aromatic nitrogens is 1. The van der Waals surface area contributed by atoms with E-state index in [0.717, 1.165) is 37.1 Å². The zero-order valence-electron chi connectivity index (χ0n) is 12.5. The van der Waals surface area contributed by atoms with Gasteiger partial charge in [-0.3, -0.25) is 0 Å². The highest BCUT2D eigenvalue weighted by molar-refractivity contribution is 6.37. The summed E-state index contributed by atoms with van der Waals surface area (Å²) in [6.07, 6.45) is 7.63. The number of pyridine rings is 1. The summed E-state index contributed by atoms with van der Waals surface area (Å²) < 4.78 is 0. The summed E-state index contributed by atoms with van der Waals surface area (Å²) >= 11 is 12.7. The molecule has 2 heterocycles. The van der Waals surface area contributed by atoms with E-state index in [9.17, 15) is 0 Å². The minimum Gasteiger partial charge on any atom is -0.369 e. The van der Waals surface area contributed by atoms with Crippen LogP contribution in [0.5, 0.6) is 0 Å². The molecule has 0 aromatic carbocycles. The van der Waals surface area contributed by atoms with Gasteiger partial charge in [0.05, 0.1) is 10.0 Å². The largest absolute Gasteiger partial charge is 0.369 e. The van der Waals surface area contributed by atoms with Gasteiger partial charge in [0.15, 0.2) is 0 Å². The number of rotatable bonds is 4. The Morgan fingerprint density at radius 3 is 2.86 bits per heavy atom. The summed E-state index contributed by atoms with van der Waals surface area (Å²) in [4.78, 5) is 7.15. The van der Waals surface area contributed by atoms with Crippen molar-refractivity contribution in [1.82, 2.24) is 4.98 Å². The Morgan fingerprint density at radius 1 is 1.24 bits per heavy atom. The van der Waals surface area contributed by atoms with Crippen LogP contribution in [0.3, 0.4) is 0 Å². The molecule has 1 N–H and O–H groups in total. The van der Waals surface area contributed by atoms with Gasteiger partial charge in [-0.05, 0) is 37.7 Å². The van der Waals surface area contributed by atoms with Crippen LogP contribution in [0, 0.1) is 5.92 Å². The minimum atomic E-state index is 0.608. The van der Waals surface area contributed by atoms with Crippen LogP contribution < -0.4 is 10.2 Å². The second-order valence-electron chi connectivity index (χ2n) is 6.14. The van der Waals surface area contributed by atoms with Crippen molar-refractivity contribution in [2.45, 2.75) is 51.5 Å². The first-order valence-electron chi connectivity index (χ1n) is 8.07. The lowest BCUT2D eigenvalue weighted by molar-refractivity contribution is 0.341. The fourth-order valence-electron chi connectivity index (χ4n) is 3.69. The van der Waals surface area contributed by atoms with E-state index in [1.807, 2.05) is 6.07 Å². The van der Waals surface area contributed by atoms with Gasteiger partial charge >= 0.3 is 0 Å². The lowest BCUT2D eigenvalue weighted by atomic mass is 9.85. The van der Waals surface area contributed by atoms with Crippen LogP contribution in [-0.4, -0.2) is 24.1 Å². The average Bonchev–Trinajstić information content (AvgIpc) is 2.90. The second kappa shape index (κ2) is 6.62. The zero-order chi connectivity index (χ0) is 14.8. The third-order valence-corrected chi connectivity index (χ3v) is 5.30. The van der Waals surface area contributed by atoms with Crippen LogP contribution in [0.15, 0.2) is 6.07 Å². The molecule has 2 atom stereocenters. The SMILES string of the molecule is CCCNc1nc(N2CCC3CCCCC32)c(Cl)cc1Cl. The number of nitrogens with zero attached hydrogens (tertiary/aromatic N) is 2. The highest BCUT2D eigenvalue weighted by Crippen LogP contribution is 2.41. The lowest BCUT2D eigenvalue weighted by Gasteiger charge is -2.33. The van der Waals surface area contributed by atoms with E-state index in [0.29, 0.717) is 16.1 Å². The standard InChI is InChI=1S/C16H23Cl2N3/c1-2-8-19-15-12(17)10-13(18)16(20-15)21-9-7-11-5-3-4-6-14(11)21/h10-11,14H,2-9H2,1H3,(H,19,20). The van der Waals surface area contributed by atoms with Gasteiger partial charge in [-0.15, -0.1) is 0 Å². The summed E-state index contributed by atoms with van der Waals surface area (Å²) in [6.45, 7) is 4.07. The maximum Gasteiger partial charge on any atom is 0.150 e. The summed E-state index contributed by atoms with van der Waals surface area (Å²) in [5.74, 6) is 2.49. The van der Waals surface area contributed by atoms with Gasteiger partial charge in [0.25, 0.3) is 0 Å². The van der Waals surface area contributed by atoms with E-state index in [1.54, 1.807) is 0 Å². The maximum atomic E-state index is 6.43. The third-order valence-electron chi connectivity index (χ3n) is 4.74. The van der Waals surface area contributed by atoms with Crippen molar-refractivity contribution < 1.29 is 0 Å². The van der Waals surface area contributed by atoms with E-state index in [2.05, 4.69) is 17.1 Å². The summed E-state index contributed by atoms with van der Waals surface area (Å²) in [5, 5.41) is 4.58. The molecule has 1 aromatic rings. The van der Waals surface area contributed by atoms with Gasteiger partial charge in [-0.2, -0.15) is 0 Å². The topological polar surface area (TPSA) is 28.2 Å². The second-order valence-corrected chi connectivity index (χ2v) is 6.96. The molecule has 2 unspecified atom stereocenters. The lowest BCUT2D eigenvalue weighted by Crippen LogP contribution is -2.35. The molecule has 2 aliphatic rings. The molecule has 1 saturated heterocycles. The Bertz CT molecular complexity index is 507. The van der Waals surface area contributed by atoms with E-state index in [4.69, 9.17) is 28.2 Å². The van der Waals surface area contributed by atoms with Crippen LogP contribution in [-0.2, 0) is 0 Å². The predicted octanol–water partition coefficient (Wildman–Crippen LogP) is 4.98. The monoisotopic (exact) mass is 327 g/mol. The van der Waals surface area contributed by atoms with Crippen molar-refractivity contribution in [3.63, 3.8) is 0 Å². The van der Waals surface area contributed by atoms with Crippen LogP contribution in [0.25, 0.3) is 0 Å². The first kappa shape index (κ1) is 15.2. The highest BCUT2D eigenvalue weighted by Gasteiger charge is 2.37. The molecule has 21 heavy (non-hydrogen) atoms. The number of anilines is 2. The molecule has 1 aliphatic carbocycles. The molecule has 0 amide bonds. The zero-order valence-corrected chi connectivity index (χ0v) is 14.1. The molecule has 5 heteroatoms. The maximum absolute atomic E-state index is 6.43. The molecule has 1 aliphatic heterocycles. The van der Waals surface area contributed by atoms with Crippen molar-refractivity contribution in [3.05, 3.63) is 16.1 Å². The molecule has 0 bridgehead atoms. The van der Waals surface area contributed by atoms with Crippen molar-refractivity contribution in [2.75, 3.05) is 23.3 Å². The summed E-state index contributed by atoms with van der Waals surface area (Å²) in [7, 11) is 0. The third kappa shape index (κ3) is 3.09. The molecule has 3 nitrogen and oxygen atoms in total. The van der Waals surface area contributed by atoms with Gasteiger partial charge in [0, 0.05) is 19.1 Å². The molecule has 0 radical (unpaired) electrons. The summed E-state index contributed by atoms with van der Waals surface area (Å²) in [6, 6.07) is 2.45. The van der Waals surface area contributed by atoms with E-state index >= 15 is 0 Å². The summed E-state index contributed by atoms with van der Waals surface area (Å²) in [5.41, 5.74) is 0. The molecule has 2 fully saturated rings. The highest BCUT2D eigenvalue weighted by atomic mass is 35.5. The van der Waals surface area contributed by atoms with Crippen LogP contribution in [0.2, 0.25) is 10.0 Å². The Kier molecular flexibility index (Phi) is 4.80. The van der Waals surface area contributed by atoms with E-state index in [-0.39, 0.29) is 0 Å². The Hall–Kier alpha value is -0.670.